The molecule has 4 heteroatoms. The number of fused-ring (bicyclic) bond motifs is 1. The molecular weight excluding hydrogens is 322 g/mol. The predicted molar refractivity (Wildman–Crippen MR) is 97.4 cm³/mol. The fraction of sp³-hybridized carbons (Fsp3) is 0.250. The molecule has 0 saturated heterocycles. The van der Waals surface area contributed by atoms with Crippen LogP contribution in [0, 0.1) is 6.92 Å². The summed E-state index contributed by atoms with van der Waals surface area (Å²) < 4.78 is 6.02. The normalized spacial score (nSPS) is 12.8. The summed E-state index contributed by atoms with van der Waals surface area (Å²) in [6, 6.07) is 13.6. The third-order valence-corrected chi connectivity index (χ3v) is 4.57. The maximum absolute atomic E-state index is 9.36. The van der Waals surface area contributed by atoms with Gasteiger partial charge in [-0.2, -0.15) is 0 Å². The van der Waals surface area contributed by atoms with Gasteiger partial charge in [0.15, 0.2) is 0 Å². The van der Waals surface area contributed by atoms with E-state index in [9.17, 15) is 5.21 Å². The van der Waals surface area contributed by atoms with Crippen LogP contribution >= 0.6 is 11.6 Å². The zero-order chi connectivity index (χ0) is 17.5. The van der Waals surface area contributed by atoms with E-state index >= 15 is 0 Å². The van der Waals surface area contributed by atoms with Crippen molar-refractivity contribution in [2.45, 2.75) is 33.1 Å². The minimum Gasteiger partial charge on any atom is -0.456 e. The largest absolute Gasteiger partial charge is 0.456 e. The highest BCUT2D eigenvalue weighted by Crippen LogP contribution is 2.28. The Labute approximate surface area is 146 Å². The van der Waals surface area contributed by atoms with Crippen molar-refractivity contribution in [3.63, 3.8) is 0 Å². The molecule has 1 heterocycles. The van der Waals surface area contributed by atoms with Crippen LogP contribution in [0.1, 0.15) is 31.9 Å². The van der Waals surface area contributed by atoms with Gasteiger partial charge in [-0.3, -0.25) is 0 Å². The van der Waals surface area contributed by atoms with E-state index in [-0.39, 0.29) is 5.41 Å². The highest BCUT2D eigenvalue weighted by atomic mass is 35.5. The van der Waals surface area contributed by atoms with Crippen molar-refractivity contribution < 1.29 is 9.62 Å². The first-order valence-corrected chi connectivity index (χ1v) is 8.20. The summed E-state index contributed by atoms with van der Waals surface area (Å²) in [7, 11) is 0. The molecule has 0 fully saturated rings. The fourth-order valence-corrected chi connectivity index (χ4v) is 2.81. The van der Waals surface area contributed by atoms with E-state index < -0.39 is 0 Å². The summed E-state index contributed by atoms with van der Waals surface area (Å²) in [6.45, 7) is 8.45. The molecule has 0 aliphatic heterocycles. The highest BCUT2D eigenvalue weighted by Gasteiger charge is 2.14. The zero-order valence-electron chi connectivity index (χ0n) is 14.2. The first-order valence-electron chi connectivity index (χ1n) is 7.82. The molecule has 1 N–H and O–H groups in total. The second-order valence-corrected chi connectivity index (χ2v) is 7.43. The highest BCUT2D eigenvalue weighted by molar-refractivity contribution is 6.32. The molecule has 0 unspecified atom stereocenters. The fourth-order valence-electron chi connectivity index (χ4n) is 2.65. The van der Waals surface area contributed by atoms with Crippen molar-refractivity contribution in [2.24, 2.45) is 5.16 Å². The van der Waals surface area contributed by atoms with Gasteiger partial charge in [0, 0.05) is 22.0 Å². The van der Waals surface area contributed by atoms with Gasteiger partial charge in [-0.1, -0.05) is 61.8 Å². The SMILES string of the molecule is Cc1cc2oc(-c3ccc(C(C)(C)C)cc3)c/c(=N\O)c2cc1Cl. The van der Waals surface area contributed by atoms with Gasteiger partial charge in [0.2, 0.25) is 0 Å². The van der Waals surface area contributed by atoms with E-state index in [1.807, 2.05) is 25.1 Å². The molecule has 0 spiro atoms. The van der Waals surface area contributed by atoms with Crippen LogP contribution in [0.3, 0.4) is 0 Å². The molecule has 0 aliphatic rings. The van der Waals surface area contributed by atoms with Crippen LogP contribution in [-0.2, 0) is 5.41 Å². The van der Waals surface area contributed by atoms with Crippen LogP contribution in [0.2, 0.25) is 5.02 Å². The Kier molecular flexibility index (Phi) is 4.14. The van der Waals surface area contributed by atoms with Crippen LogP contribution in [0.25, 0.3) is 22.3 Å². The van der Waals surface area contributed by atoms with Gasteiger partial charge in [0.25, 0.3) is 0 Å². The average Bonchev–Trinajstić information content (AvgIpc) is 2.54. The van der Waals surface area contributed by atoms with E-state index in [0.717, 1.165) is 11.1 Å². The number of halogens is 1. The van der Waals surface area contributed by atoms with E-state index in [0.29, 0.717) is 27.1 Å². The Bertz CT molecular complexity index is 964. The molecule has 0 atom stereocenters. The lowest BCUT2D eigenvalue weighted by molar-refractivity contribution is 0.302. The molecule has 0 radical (unpaired) electrons. The monoisotopic (exact) mass is 341 g/mol. The lowest BCUT2D eigenvalue weighted by Gasteiger charge is -2.19. The molecule has 3 rings (SSSR count). The molecule has 2 aromatic carbocycles. The van der Waals surface area contributed by atoms with Crippen molar-refractivity contribution >= 4 is 22.6 Å². The van der Waals surface area contributed by atoms with Crippen LogP contribution in [0.15, 0.2) is 52.0 Å². The number of benzene rings is 2. The Hall–Kier alpha value is -2.26. The first-order chi connectivity index (χ1) is 11.3. The molecule has 3 nitrogen and oxygen atoms in total. The number of nitrogens with zero attached hydrogens (tertiary/aromatic N) is 1. The topological polar surface area (TPSA) is 45.7 Å². The number of hydrogen-bond donors (Lipinski definition) is 1. The Balaban J connectivity index is 2.18. The summed E-state index contributed by atoms with van der Waals surface area (Å²) in [4.78, 5) is 0. The Morgan fingerprint density at radius 1 is 1.04 bits per heavy atom. The van der Waals surface area contributed by atoms with E-state index in [2.05, 4.69) is 38.1 Å². The van der Waals surface area contributed by atoms with Crippen LogP contribution in [-0.4, -0.2) is 5.21 Å². The maximum Gasteiger partial charge on any atom is 0.137 e. The average molecular weight is 342 g/mol. The first kappa shape index (κ1) is 16.6. The van der Waals surface area contributed by atoms with Crippen molar-refractivity contribution in [2.75, 3.05) is 0 Å². The summed E-state index contributed by atoms with van der Waals surface area (Å²) in [5, 5.41) is 14.5. The number of aryl methyl sites for hydroxylation is 1. The standard InChI is InChI=1S/C20H20ClNO2/c1-12-9-19-15(10-16(12)21)17(22-23)11-18(24-19)13-5-7-14(8-6-13)20(2,3)4/h5-11,23H,1-4H3/b22-17+. The van der Waals surface area contributed by atoms with E-state index in [4.69, 9.17) is 16.0 Å². The third-order valence-electron chi connectivity index (χ3n) is 4.17. The number of rotatable bonds is 1. The van der Waals surface area contributed by atoms with Crippen molar-refractivity contribution in [3.8, 4) is 11.3 Å². The molecular formula is C20H20ClNO2. The summed E-state index contributed by atoms with van der Waals surface area (Å²) in [5.41, 5.74) is 3.83. The van der Waals surface area contributed by atoms with Gasteiger partial charge in [-0.15, -0.1) is 0 Å². The van der Waals surface area contributed by atoms with Gasteiger partial charge < -0.3 is 9.62 Å². The molecule has 0 amide bonds. The van der Waals surface area contributed by atoms with E-state index in [1.54, 1.807) is 12.1 Å². The van der Waals surface area contributed by atoms with Gasteiger partial charge in [0.1, 0.15) is 16.7 Å². The van der Waals surface area contributed by atoms with Gasteiger partial charge in [-0.05, 0) is 35.6 Å². The maximum atomic E-state index is 9.36. The van der Waals surface area contributed by atoms with Crippen molar-refractivity contribution in [1.82, 2.24) is 0 Å². The number of hydrogen-bond acceptors (Lipinski definition) is 3. The lowest BCUT2D eigenvalue weighted by Crippen LogP contribution is -2.10. The van der Waals surface area contributed by atoms with Crippen molar-refractivity contribution in [1.29, 1.82) is 0 Å². The molecule has 0 saturated carbocycles. The van der Waals surface area contributed by atoms with Gasteiger partial charge >= 0.3 is 0 Å². The Morgan fingerprint density at radius 3 is 2.29 bits per heavy atom. The molecule has 0 aliphatic carbocycles. The van der Waals surface area contributed by atoms with Crippen LogP contribution < -0.4 is 5.36 Å². The minimum absolute atomic E-state index is 0.0957. The van der Waals surface area contributed by atoms with Gasteiger partial charge in [-0.25, -0.2) is 0 Å². The van der Waals surface area contributed by atoms with E-state index in [1.165, 1.54) is 5.56 Å². The van der Waals surface area contributed by atoms with Gasteiger partial charge in [0.05, 0.1) is 0 Å². The molecule has 1 aromatic heterocycles. The quantitative estimate of drug-likeness (QED) is 0.459. The second-order valence-electron chi connectivity index (χ2n) is 7.02. The Morgan fingerprint density at radius 2 is 1.71 bits per heavy atom. The zero-order valence-corrected chi connectivity index (χ0v) is 15.0. The van der Waals surface area contributed by atoms with Crippen LogP contribution in [0.4, 0.5) is 0 Å². The molecule has 124 valence electrons. The summed E-state index contributed by atoms with van der Waals surface area (Å²) >= 11 is 6.17. The summed E-state index contributed by atoms with van der Waals surface area (Å²) in [6.07, 6.45) is 0. The molecule has 3 aromatic rings. The predicted octanol–water partition coefficient (Wildman–Crippen LogP) is 5.65. The minimum atomic E-state index is 0.0957. The van der Waals surface area contributed by atoms with Crippen LogP contribution in [0.5, 0.6) is 0 Å². The van der Waals surface area contributed by atoms with Crippen molar-refractivity contribution in [3.05, 3.63) is 64.0 Å². The summed E-state index contributed by atoms with van der Waals surface area (Å²) in [5.74, 6) is 0.650. The molecule has 24 heavy (non-hydrogen) atoms. The second kappa shape index (κ2) is 5.99. The lowest BCUT2D eigenvalue weighted by atomic mass is 9.86. The third kappa shape index (κ3) is 3.04. The molecule has 0 bridgehead atoms. The smallest absolute Gasteiger partial charge is 0.137 e.